The molecule has 0 saturated heterocycles. The van der Waals surface area contributed by atoms with E-state index in [9.17, 15) is 14.4 Å². The first-order valence-corrected chi connectivity index (χ1v) is 8.40. The number of carbonyl (C=O) groups is 3. The van der Waals surface area contributed by atoms with Crippen LogP contribution in [0.5, 0.6) is 0 Å². The summed E-state index contributed by atoms with van der Waals surface area (Å²) in [6.07, 6.45) is 1.47. The molecule has 0 spiro atoms. The van der Waals surface area contributed by atoms with Gasteiger partial charge < -0.3 is 9.47 Å². The SMILES string of the molecule is CCOC(=O)C(C(=O)OCC)c1ccccc1-n1ncc(C(C)=O)c1C. The second-order valence-corrected chi connectivity index (χ2v) is 5.61. The number of ether oxygens (including phenoxy) is 2. The topological polar surface area (TPSA) is 87.5 Å². The molecule has 138 valence electrons. The zero-order chi connectivity index (χ0) is 19.3. The Kier molecular flexibility index (Phi) is 6.27. The lowest BCUT2D eigenvalue weighted by Crippen LogP contribution is -2.27. The van der Waals surface area contributed by atoms with E-state index in [0.717, 1.165) is 0 Å². The van der Waals surface area contributed by atoms with E-state index in [-0.39, 0.29) is 19.0 Å². The van der Waals surface area contributed by atoms with E-state index in [1.807, 2.05) is 0 Å². The first kappa shape index (κ1) is 19.4. The van der Waals surface area contributed by atoms with Crippen molar-refractivity contribution in [3.05, 3.63) is 47.3 Å². The van der Waals surface area contributed by atoms with Crippen molar-refractivity contribution in [3.8, 4) is 5.69 Å². The van der Waals surface area contributed by atoms with E-state index >= 15 is 0 Å². The fourth-order valence-electron chi connectivity index (χ4n) is 2.72. The Morgan fingerprint density at radius 3 is 2.15 bits per heavy atom. The fraction of sp³-hybridized carbons (Fsp3) is 0.368. The predicted molar refractivity (Wildman–Crippen MR) is 94.3 cm³/mol. The Bertz CT molecular complexity index is 807. The van der Waals surface area contributed by atoms with Crippen LogP contribution in [-0.2, 0) is 19.1 Å². The number of esters is 2. The van der Waals surface area contributed by atoms with Gasteiger partial charge in [-0.15, -0.1) is 0 Å². The minimum Gasteiger partial charge on any atom is -0.465 e. The van der Waals surface area contributed by atoms with Gasteiger partial charge >= 0.3 is 11.9 Å². The molecule has 0 saturated carbocycles. The van der Waals surface area contributed by atoms with Crippen LogP contribution in [0.25, 0.3) is 5.69 Å². The highest BCUT2D eigenvalue weighted by Gasteiger charge is 2.34. The third-order valence-electron chi connectivity index (χ3n) is 3.91. The maximum atomic E-state index is 12.4. The van der Waals surface area contributed by atoms with Crippen LogP contribution in [0.15, 0.2) is 30.5 Å². The second-order valence-electron chi connectivity index (χ2n) is 5.61. The zero-order valence-corrected chi connectivity index (χ0v) is 15.3. The van der Waals surface area contributed by atoms with E-state index in [1.54, 1.807) is 45.0 Å². The third kappa shape index (κ3) is 3.82. The molecule has 1 aromatic carbocycles. The van der Waals surface area contributed by atoms with Gasteiger partial charge in [0, 0.05) is 5.56 Å². The summed E-state index contributed by atoms with van der Waals surface area (Å²) in [5.74, 6) is -2.71. The number of benzene rings is 1. The molecule has 0 amide bonds. The van der Waals surface area contributed by atoms with Gasteiger partial charge in [0.25, 0.3) is 0 Å². The van der Waals surface area contributed by atoms with Gasteiger partial charge in [0.05, 0.1) is 36.4 Å². The van der Waals surface area contributed by atoms with Crippen LogP contribution in [0, 0.1) is 6.92 Å². The molecule has 0 aliphatic heterocycles. The van der Waals surface area contributed by atoms with Gasteiger partial charge in [-0.05, 0) is 33.8 Å². The highest BCUT2D eigenvalue weighted by atomic mass is 16.6. The molecule has 2 aromatic rings. The Morgan fingerprint density at radius 1 is 1.08 bits per heavy atom. The Labute approximate surface area is 151 Å². The molecule has 0 bridgehead atoms. The highest BCUT2D eigenvalue weighted by Crippen LogP contribution is 2.27. The average molecular weight is 358 g/mol. The van der Waals surface area contributed by atoms with Crippen molar-refractivity contribution < 1.29 is 23.9 Å². The quantitative estimate of drug-likeness (QED) is 0.429. The Morgan fingerprint density at radius 2 is 1.65 bits per heavy atom. The van der Waals surface area contributed by atoms with Crippen molar-refractivity contribution in [2.75, 3.05) is 13.2 Å². The molecule has 0 radical (unpaired) electrons. The van der Waals surface area contributed by atoms with Gasteiger partial charge in [-0.3, -0.25) is 14.4 Å². The summed E-state index contributed by atoms with van der Waals surface area (Å²) in [5.41, 5.74) is 2.02. The highest BCUT2D eigenvalue weighted by molar-refractivity contribution is 6.01. The van der Waals surface area contributed by atoms with Crippen LogP contribution in [0.1, 0.15) is 48.3 Å². The molecule has 7 heteroatoms. The van der Waals surface area contributed by atoms with Crippen LogP contribution in [0.2, 0.25) is 0 Å². The average Bonchev–Trinajstić information content (AvgIpc) is 2.98. The normalized spacial score (nSPS) is 10.7. The number of carbonyl (C=O) groups excluding carboxylic acids is 3. The number of hydrogen-bond acceptors (Lipinski definition) is 6. The van der Waals surface area contributed by atoms with Crippen LogP contribution < -0.4 is 0 Å². The molecular formula is C19H22N2O5. The molecule has 0 aliphatic carbocycles. The van der Waals surface area contributed by atoms with Crippen molar-refractivity contribution in [3.63, 3.8) is 0 Å². The van der Waals surface area contributed by atoms with Crippen molar-refractivity contribution in [1.82, 2.24) is 9.78 Å². The first-order valence-electron chi connectivity index (χ1n) is 8.40. The van der Waals surface area contributed by atoms with E-state index in [0.29, 0.717) is 22.5 Å². The second kappa shape index (κ2) is 8.42. The molecule has 1 aromatic heterocycles. The van der Waals surface area contributed by atoms with E-state index in [2.05, 4.69) is 5.10 Å². The molecule has 2 rings (SSSR count). The zero-order valence-electron chi connectivity index (χ0n) is 15.3. The third-order valence-corrected chi connectivity index (χ3v) is 3.91. The van der Waals surface area contributed by atoms with Crippen LogP contribution in [-0.4, -0.2) is 40.7 Å². The molecule has 0 atom stereocenters. The van der Waals surface area contributed by atoms with E-state index in [4.69, 9.17) is 9.47 Å². The maximum Gasteiger partial charge on any atom is 0.324 e. The van der Waals surface area contributed by atoms with Gasteiger partial charge in [-0.1, -0.05) is 18.2 Å². The van der Waals surface area contributed by atoms with Crippen molar-refractivity contribution >= 4 is 17.7 Å². The summed E-state index contributed by atoms with van der Waals surface area (Å²) < 4.78 is 11.7. The van der Waals surface area contributed by atoms with Crippen molar-refractivity contribution in [2.24, 2.45) is 0 Å². The lowest BCUT2D eigenvalue weighted by atomic mass is 9.97. The number of rotatable bonds is 7. The number of ketones is 1. The van der Waals surface area contributed by atoms with Gasteiger partial charge in [-0.2, -0.15) is 5.10 Å². The number of aromatic nitrogens is 2. The van der Waals surface area contributed by atoms with Crippen LogP contribution >= 0.6 is 0 Å². The number of nitrogens with zero attached hydrogens (tertiary/aromatic N) is 2. The number of hydrogen-bond donors (Lipinski definition) is 0. The summed E-state index contributed by atoms with van der Waals surface area (Å²) in [4.78, 5) is 36.6. The molecule has 7 nitrogen and oxygen atoms in total. The predicted octanol–water partition coefficient (Wildman–Crippen LogP) is 2.59. The van der Waals surface area contributed by atoms with Crippen molar-refractivity contribution in [1.29, 1.82) is 0 Å². The molecule has 0 N–H and O–H groups in total. The molecule has 0 unspecified atom stereocenters. The minimum absolute atomic E-state index is 0.112. The number of Topliss-reactive ketones (excluding diaryl/α,β-unsaturated/α-hetero) is 1. The Hall–Kier alpha value is -2.96. The first-order chi connectivity index (χ1) is 12.4. The summed E-state index contributed by atoms with van der Waals surface area (Å²) in [5, 5.41) is 4.25. The van der Waals surface area contributed by atoms with E-state index < -0.39 is 17.9 Å². The van der Waals surface area contributed by atoms with Crippen LogP contribution in [0.3, 0.4) is 0 Å². The minimum atomic E-state index is -1.23. The molecule has 0 fully saturated rings. The summed E-state index contributed by atoms with van der Waals surface area (Å²) >= 11 is 0. The van der Waals surface area contributed by atoms with Crippen LogP contribution in [0.4, 0.5) is 0 Å². The fourth-order valence-corrected chi connectivity index (χ4v) is 2.72. The van der Waals surface area contributed by atoms with Gasteiger partial charge in [0.1, 0.15) is 0 Å². The molecular weight excluding hydrogens is 336 g/mol. The Balaban J connectivity index is 2.60. The van der Waals surface area contributed by atoms with Gasteiger partial charge in [0.2, 0.25) is 0 Å². The van der Waals surface area contributed by atoms with Crippen molar-refractivity contribution in [2.45, 2.75) is 33.6 Å². The number of para-hydroxylation sites is 1. The molecule has 26 heavy (non-hydrogen) atoms. The lowest BCUT2D eigenvalue weighted by molar-refractivity contribution is -0.156. The molecule has 0 aliphatic rings. The largest absolute Gasteiger partial charge is 0.465 e. The summed E-state index contributed by atoms with van der Waals surface area (Å²) in [6, 6.07) is 6.86. The summed E-state index contributed by atoms with van der Waals surface area (Å²) in [7, 11) is 0. The standard InChI is InChI=1S/C19H22N2O5/c1-5-25-18(23)17(19(24)26-6-2)14-9-7-8-10-16(14)21-12(3)15(11-20-21)13(4)22/h7-11,17H,5-6H2,1-4H3. The summed E-state index contributed by atoms with van der Waals surface area (Å²) in [6.45, 7) is 6.84. The smallest absolute Gasteiger partial charge is 0.324 e. The van der Waals surface area contributed by atoms with E-state index in [1.165, 1.54) is 17.8 Å². The monoisotopic (exact) mass is 358 g/mol. The molecule has 1 heterocycles. The van der Waals surface area contributed by atoms with Gasteiger partial charge in [0.15, 0.2) is 11.7 Å². The van der Waals surface area contributed by atoms with Gasteiger partial charge in [-0.25, -0.2) is 4.68 Å². The lowest BCUT2D eigenvalue weighted by Gasteiger charge is -2.18. The maximum absolute atomic E-state index is 12.4.